The normalized spacial score (nSPS) is 25.1. The van der Waals surface area contributed by atoms with Gasteiger partial charge in [0.2, 0.25) is 5.91 Å². The molecule has 5 nitrogen and oxygen atoms in total. The lowest BCUT2D eigenvalue weighted by Gasteiger charge is -2.45. The van der Waals surface area contributed by atoms with Gasteiger partial charge in [-0.15, -0.1) is 0 Å². The number of methoxy groups -OCH3 is 1. The molecule has 0 N–H and O–H groups in total. The summed E-state index contributed by atoms with van der Waals surface area (Å²) < 4.78 is 10.9. The Bertz CT molecular complexity index is 804. The lowest BCUT2D eigenvalue weighted by Crippen LogP contribution is -2.56. The van der Waals surface area contributed by atoms with Crippen molar-refractivity contribution in [3.8, 4) is 0 Å². The number of esters is 1. The van der Waals surface area contributed by atoms with E-state index in [4.69, 9.17) is 9.47 Å². The predicted octanol–water partition coefficient (Wildman–Crippen LogP) is 2.85. The molecule has 128 valence electrons. The fraction of sp³-hybridized carbons (Fsp3) is 0.300. The molecule has 25 heavy (non-hydrogen) atoms. The van der Waals surface area contributed by atoms with Gasteiger partial charge in [0.15, 0.2) is 0 Å². The van der Waals surface area contributed by atoms with Crippen LogP contribution in [0.15, 0.2) is 54.6 Å². The Morgan fingerprint density at radius 2 is 1.84 bits per heavy atom. The number of carbonyl (C=O) groups excluding carboxylic acids is 2. The standard InChI is InChI=1S/C20H19NO4/c1-24-20(23)18-15(13-7-3-2-4-8-13)11-17-21(19(18)22)16-10-6-5-9-14(16)12-25-17/h2-10,15,17-18H,11-12H2,1H3/t15-,17-,18-/m1/s1. The number of hydrogen-bond donors (Lipinski definition) is 0. The molecule has 1 fully saturated rings. The molecule has 5 heteroatoms. The average molecular weight is 337 g/mol. The maximum atomic E-state index is 13.3. The third kappa shape index (κ3) is 2.61. The van der Waals surface area contributed by atoms with Crippen LogP contribution in [0.2, 0.25) is 0 Å². The zero-order valence-corrected chi connectivity index (χ0v) is 13.9. The van der Waals surface area contributed by atoms with Gasteiger partial charge in [-0.05, 0) is 11.6 Å². The van der Waals surface area contributed by atoms with Crippen LogP contribution in [0, 0.1) is 5.92 Å². The van der Waals surface area contributed by atoms with Crippen molar-refractivity contribution in [1.29, 1.82) is 0 Å². The molecule has 2 aliphatic heterocycles. The van der Waals surface area contributed by atoms with Gasteiger partial charge in [-0.1, -0.05) is 48.5 Å². The van der Waals surface area contributed by atoms with Gasteiger partial charge in [-0.2, -0.15) is 0 Å². The van der Waals surface area contributed by atoms with Crippen LogP contribution in [0.1, 0.15) is 23.5 Å². The number of para-hydroxylation sites is 1. The molecule has 2 aromatic rings. The van der Waals surface area contributed by atoms with Crippen LogP contribution in [0.25, 0.3) is 0 Å². The molecule has 1 amide bonds. The van der Waals surface area contributed by atoms with Gasteiger partial charge in [0.1, 0.15) is 12.1 Å². The fourth-order valence-electron chi connectivity index (χ4n) is 3.81. The number of hydrogen-bond acceptors (Lipinski definition) is 4. The first-order chi connectivity index (χ1) is 12.2. The molecule has 0 aromatic heterocycles. The third-order valence-electron chi connectivity index (χ3n) is 5.01. The Balaban J connectivity index is 1.77. The fourth-order valence-corrected chi connectivity index (χ4v) is 3.81. The lowest BCUT2D eigenvalue weighted by molar-refractivity contribution is -0.154. The maximum absolute atomic E-state index is 13.3. The zero-order valence-electron chi connectivity index (χ0n) is 13.9. The van der Waals surface area contributed by atoms with Crippen molar-refractivity contribution in [3.63, 3.8) is 0 Å². The van der Waals surface area contributed by atoms with Gasteiger partial charge in [0.05, 0.1) is 19.4 Å². The molecule has 0 spiro atoms. The van der Waals surface area contributed by atoms with Gasteiger partial charge in [0, 0.05) is 17.9 Å². The van der Waals surface area contributed by atoms with E-state index in [2.05, 4.69) is 0 Å². The van der Waals surface area contributed by atoms with Crippen LogP contribution in [0.3, 0.4) is 0 Å². The van der Waals surface area contributed by atoms with Crippen molar-refractivity contribution in [2.45, 2.75) is 25.2 Å². The number of anilines is 1. The van der Waals surface area contributed by atoms with Crippen molar-refractivity contribution in [3.05, 3.63) is 65.7 Å². The molecule has 0 bridgehead atoms. The summed E-state index contributed by atoms with van der Waals surface area (Å²) >= 11 is 0. The Kier molecular flexibility index (Phi) is 4.01. The Morgan fingerprint density at radius 3 is 2.60 bits per heavy atom. The topological polar surface area (TPSA) is 55.8 Å². The summed E-state index contributed by atoms with van der Waals surface area (Å²) in [6, 6.07) is 17.3. The molecule has 3 atom stereocenters. The quantitative estimate of drug-likeness (QED) is 0.625. The molecule has 0 radical (unpaired) electrons. The number of benzene rings is 2. The molecule has 0 unspecified atom stereocenters. The van der Waals surface area contributed by atoms with Crippen LogP contribution in [0.4, 0.5) is 5.69 Å². The van der Waals surface area contributed by atoms with Crippen LogP contribution < -0.4 is 4.90 Å². The summed E-state index contributed by atoms with van der Waals surface area (Å²) in [5, 5.41) is 0. The van der Waals surface area contributed by atoms with E-state index >= 15 is 0 Å². The maximum Gasteiger partial charge on any atom is 0.318 e. The van der Waals surface area contributed by atoms with Gasteiger partial charge in [0.25, 0.3) is 0 Å². The van der Waals surface area contributed by atoms with E-state index in [-0.39, 0.29) is 18.1 Å². The summed E-state index contributed by atoms with van der Waals surface area (Å²) in [5.41, 5.74) is 2.73. The third-order valence-corrected chi connectivity index (χ3v) is 5.01. The minimum Gasteiger partial charge on any atom is -0.468 e. The number of nitrogens with zero attached hydrogens (tertiary/aromatic N) is 1. The SMILES string of the molecule is COC(=O)[C@H]1C(=O)N2c3ccccc3CO[C@@H]2C[C@@H]1c1ccccc1. The van der Waals surface area contributed by atoms with Crippen LogP contribution in [-0.4, -0.2) is 25.2 Å². The van der Waals surface area contributed by atoms with Crippen molar-refractivity contribution in [1.82, 2.24) is 0 Å². The summed E-state index contributed by atoms with van der Waals surface area (Å²) in [7, 11) is 1.32. The summed E-state index contributed by atoms with van der Waals surface area (Å²) in [5.74, 6) is -1.88. The summed E-state index contributed by atoms with van der Waals surface area (Å²) in [6.45, 7) is 0.467. The van der Waals surface area contributed by atoms with E-state index in [0.717, 1.165) is 16.8 Å². The highest BCUT2D eigenvalue weighted by molar-refractivity contribution is 6.08. The van der Waals surface area contributed by atoms with E-state index in [9.17, 15) is 9.59 Å². The summed E-state index contributed by atoms with van der Waals surface area (Å²) in [4.78, 5) is 27.3. The van der Waals surface area contributed by atoms with Crippen molar-refractivity contribution >= 4 is 17.6 Å². The second-order valence-electron chi connectivity index (χ2n) is 6.36. The highest BCUT2D eigenvalue weighted by atomic mass is 16.5. The average Bonchev–Trinajstić information content (AvgIpc) is 2.67. The van der Waals surface area contributed by atoms with Crippen LogP contribution >= 0.6 is 0 Å². The first-order valence-electron chi connectivity index (χ1n) is 8.36. The number of fused-ring (bicyclic) bond motifs is 3. The van der Waals surface area contributed by atoms with E-state index in [1.54, 1.807) is 4.90 Å². The molecule has 0 aliphatic carbocycles. The molecule has 2 heterocycles. The van der Waals surface area contributed by atoms with Gasteiger partial charge >= 0.3 is 5.97 Å². The van der Waals surface area contributed by atoms with Gasteiger partial charge in [-0.25, -0.2) is 0 Å². The van der Waals surface area contributed by atoms with Crippen molar-refractivity contribution in [2.75, 3.05) is 12.0 Å². The van der Waals surface area contributed by atoms with E-state index in [1.165, 1.54) is 7.11 Å². The Labute approximate surface area is 146 Å². The Hall–Kier alpha value is -2.66. The molecular formula is C20H19NO4. The monoisotopic (exact) mass is 337 g/mol. The van der Waals surface area contributed by atoms with Gasteiger partial charge in [-0.3, -0.25) is 14.5 Å². The van der Waals surface area contributed by atoms with E-state index < -0.39 is 11.9 Å². The van der Waals surface area contributed by atoms with Crippen LogP contribution in [-0.2, 0) is 25.7 Å². The lowest BCUT2D eigenvalue weighted by atomic mass is 9.78. The summed E-state index contributed by atoms with van der Waals surface area (Å²) in [6.07, 6.45) is 0.192. The zero-order chi connectivity index (χ0) is 17.4. The molecule has 4 rings (SSSR count). The second kappa shape index (κ2) is 6.33. The largest absolute Gasteiger partial charge is 0.468 e. The first kappa shape index (κ1) is 15.8. The molecule has 1 saturated heterocycles. The number of carbonyl (C=O) groups is 2. The van der Waals surface area contributed by atoms with Gasteiger partial charge < -0.3 is 9.47 Å². The smallest absolute Gasteiger partial charge is 0.318 e. The van der Waals surface area contributed by atoms with Crippen molar-refractivity contribution in [2.24, 2.45) is 5.92 Å². The minimum absolute atomic E-state index is 0.257. The number of ether oxygens (including phenoxy) is 2. The molecule has 0 saturated carbocycles. The molecule has 2 aromatic carbocycles. The van der Waals surface area contributed by atoms with Crippen LogP contribution in [0.5, 0.6) is 0 Å². The Morgan fingerprint density at radius 1 is 1.12 bits per heavy atom. The first-order valence-corrected chi connectivity index (χ1v) is 8.36. The molecular weight excluding hydrogens is 318 g/mol. The van der Waals surface area contributed by atoms with E-state index in [0.29, 0.717) is 13.0 Å². The molecule has 2 aliphatic rings. The van der Waals surface area contributed by atoms with Crippen molar-refractivity contribution < 1.29 is 19.1 Å². The number of piperidine rings is 1. The number of amides is 1. The second-order valence-corrected chi connectivity index (χ2v) is 6.36. The minimum atomic E-state index is -0.863. The number of rotatable bonds is 2. The highest BCUT2D eigenvalue weighted by Crippen LogP contribution is 2.43. The highest BCUT2D eigenvalue weighted by Gasteiger charge is 2.49. The van der Waals surface area contributed by atoms with E-state index in [1.807, 2.05) is 54.6 Å². The predicted molar refractivity (Wildman–Crippen MR) is 91.8 cm³/mol.